The number of amides is 2. The van der Waals surface area contributed by atoms with Crippen molar-refractivity contribution in [3.63, 3.8) is 0 Å². The summed E-state index contributed by atoms with van der Waals surface area (Å²) in [7, 11) is -5.34. The Bertz CT molecular complexity index is 1650. The van der Waals surface area contributed by atoms with Crippen molar-refractivity contribution in [2.24, 2.45) is 0 Å². The molecule has 0 radical (unpaired) electrons. The van der Waals surface area contributed by atoms with Gasteiger partial charge >= 0.3 is 19.8 Å². The van der Waals surface area contributed by atoms with Gasteiger partial charge in [0.25, 0.3) is 0 Å². The maximum atomic E-state index is 14.0. The Morgan fingerprint density at radius 1 is 0.544 bits per heavy atom. The molecule has 2 heterocycles. The topological polar surface area (TPSA) is 327 Å². The van der Waals surface area contributed by atoms with Crippen LogP contribution in [0, 0.1) is 0 Å². The Morgan fingerprint density at radius 3 is 1.49 bits per heavy atom. The van der Waals surface area contributed by atoms with Gasteiger partial charge in [-0.3, -0.25) is 23.7 Å². The zero-order valence-electron chi connectivity index (χ0n) is 48.3. The van der Waals surface area contributed by atoms with Crippen molar-refractivity contribution in [1.82, 2.24) is 10.6 Å². The third-order valence-corrected chi connectivity index (χ3v) is 15.4. The molecule has 2 rings (SSSR count). The number of hydrogen-bond donors (Lipinski definition) is 10. The van der Waals surface area contributed by atoms with Crippen molar-refractivity contribution in [2.45, 2.75) is 319 Å². The second-order valence-electron chi connectivity index (χ2n) is 22.0. The summed E-state index contributed by atoms with van der Waals surface area (Å²) in [6.07, 6.45) is 13.9. The number of rotatable bonds is 49. The second kappa shape index (κ2) is 44.2. The molecule has 0 saturated carbocycles. The molecular weight excluding hydrogens is 1050 g/mol. The van der Waals surface area contributed by atoms with Gasteiger partial charge in [-0.2, -0.15) is 0 Å². The van der Waals surface area contributed by atoms with Crippen LogP contribution in [-0.4, -0.2) is 157 Å². The number of carboxylic acid groups (broad SMARTS) is 1. The van der Waals surface area contributed by atoms with Crippen LogP contribution in [0.2, 0.25) is 0 Å². The summed E-state index contributed by atoms with van der Waals surface area (Å²) in [5.74, 6) is -2.85. The molecule has 0 aliphatic carbocycles. The molecule has 2 aliphatic rings. The maximum Gasteiger partial charge on any atom is 0.470 e. The lowest BCUT2D eigenvalue weighted by Gasteiger charge is -2.45. The number of phosphoric acid groups is 1. The molecule has 0 aromatic heterocycles. The molecule has 22 heteroatoms. The van der Waals surface area contributed by atoms with Gasteiger partial charge in [-0.15, -0.1) is 0 Å². The highest BCUT2D eigenvalue weighted by Gasteiger charge is 2.51. The molecule has 0 bridgehead atoms. The Morgan fingerprint density at radius 2 is 0.987 bits per heavy atom. The fourth-order valence-corrected chi connectivity index (χ4v) is 10.8. The smallest absolute Gasteiger partial charge is 0.470 e. The van der Waals surface area contributed by atoms with E-state index in [1.807, 2.05) is 0 Å². The zero-order chi connectivity index (χ0) is 58.3. The van der Waals surface area contributed by atoms with E-state index in [9.17, 15) is 59.1 Å². The SMILES string of the molecule is CCCCCCCCCCCC(=O)O[C@H](CCCCCCCCCCC)CC(=O)N[C@H]1[C@H](OC[C@H]2O[C@H](OCCCCC(=O)O)[C@H](NC(=O)C[C@H](O)CCCCCCCCCCC)[C@@H](O)[C@@H]2O)O[C@H](CO)[C@@H](OP(=O)(O)O)[C@@H]1O. The number of aliphatic hydroxyl groups is 5. The largest absolute Gasteiger partial charge is 0.481 e. The van der Waals surface area contributed by atoms with Gasteiger partial charge in [0, 0.05) is 19.4 Å². The van der Waals surface area contributed by atoms with Crippen molar-refractivity contribution in [3.05, 3.63) is 0 Å². The van der Waals surface area contributed by atoms with Gasteiger partial charge in [0.05, 0.1) is 32.2 Å². The number of nitrogens with one attached hydrogen (secondary N) is 2. The molecule has 2 saturated heterocycles. The first-order valence-electron chi connectivity index (χ1n) is 30.6. The van der Waals surface area contributed by atoms with Crippen LogP contribution in [0.1, 0.15) is 245 Å². The molecule has 79 heavy (non-hydrogen) atoms. The first-order valence-corrected chi connectivity index (χ1v) is 32.1. The van der Waals surface area contributed by atoms with Crippen molar-refractivity contribution < 1.29 is 92.4 Å². The number of unbranched alkanes of at least 4 members (excludes halogenated alkanes) is 25. The lowest BCUT2D eigenvalue weighted by molar-refractivity contribution is -0.302. The highest BCUT2D eigenvalue weighted by molar-refractivity contribution is 7.46. The van der Waals surface area contributed by atoms with Gasteiger partial charge in [-0.1, -0.05) is 181 Å². The molecule has 464 valence electrons. The molecule has 0 spiro atoms. The van der Waals surface area contributed by atoms with Crippen molar-refractivity contribution >= 4 is 31.6 Å². The standard InChI is InChI=1S/C57H107N2O19P/c1-4-7-10-13-16-19-22-25-28-33-42(61)38-46(62)58-50-53(68)52(67)45(77-56(50)73-37-32-31-35-48(64)65)41-74-57-51(54(69)55(44(40-60)76-57)78-79(70,71)72)59-47(63)39-43(34-29-26-23-20-17-14-11-8-5-2)75-49(66)36-30-27-24-21-18-15-12-9-6-3/h42-45,50-57,60-61,67-69H,4-41H2,1-3H3,(H,58,62)(H,59,63)(H,64,65)(H2,70,71,72)/t42-,43-,44-,45-,50-,51-,52-,53-,54-,55-,56+,57-/m1/s1. The fraction of sp³-hybridized carbons (Fsp3) is 0.930. The lowest BCUT2D eigenvalue weighted by atomic mass is 9.95. The summed E-state index contributed by atoms with van der Waals surface area (Å²) in [6, 6.07) is -3.02. The van der Waals surface area contributed by atoms with Gasteiger partial charge < -0.3 is 74.7 Å². The van der Waals surface area contributed by atoms with E-state index in [4.69, 9.17) is 33.3 Å². The Labute approximate surface area is 471 Å². The number of carbonyl (C=O) groups excluding carboxylic acids is 3. The molecule has 2 aliphatic heterocycles. The highest BCUT2D eigenvalue weighted by atomic mass is 31.2. The number of carboxylic acids is 1. The van der Waals surface area contributed by atoms with Gasteiger partial charge in [0.15, 0.2) is 12.6 Å². The van der Waals surface area contributed by atoms with Gasteiger partial charge in [0.2, 0.25) is 11.8 Å². The normalized spacial score (nSPS) is 24.2. The van der Waals surface area contributed by atoms with Gasteiger partial charge in [-0.05, 0) is 38.5 Å². The molecule has 0 aromatic carbocycles. The summed E-state index contributed by atoms with van der Waals surface area (Å²) >= 11 is 0. The third kappa shape index (κ3) is 33.5. The summed E-state index contributed by atoms with van der Waals surface area (Å²) in [6.45, 7) is 4.86. The first-order chi connectivity index (χ1) is 37.9. The number of phosphoric ester groups is 1. The van der Waals surface area contributed by atoms with E-state index < -0.39 is 118 Å². The van der Waals surface area contributed by atoms with Crippen LogP contribution in [0.15, 0.2) is 0 Å². The van der Waals surface area contributed by atoms with E-state index in [1.165, 1.54) is 70.6 Å². The first kappa shape index (κ1) is 72.7. The average molecular weight is 1160 g/mol. The van der Waals surface area contributed by atoms with Crippen molar-refractivity contribution in [3.8, 4) is 0 Å². The number of carbonyl (C=O) groups is 4. The summed E-state index contributed by atoms with van der Waals surface area (Å²) in [5.41, 5.74) is 0. The number of aliphatic carboxylic acids is 1. The molecule has 12 atom stereocenters. The van der Waals surface area contributed by atoms with Crippen molar-refractivity contribution in [1.29, 1.82) is 0 Å². The van der Waals surface area contributed by atoms with Crippen LogP contribution in [0.25, 0.3) is 0 Å². The Kier molecular flexibility index (Phi) is 40.7. The predicted octanol–water partition coefficient (Wildman–Crippen LogP) is 8.06. The van der Waals surface area contributed by atoms with E-state index in [1.54, 1.807) is 0 Å². The number of aliphatic hydroxyl groups excluding tert-OH is 5. The summed E-state index contributed by atoms with van der Waals surface area (Å²) < 4.78 is 46.8. The maximum absolute atomic E-state index is 14.0. The zero-order valence-corrected chi connectivity index (χ0v) is 49.2. The minimum atomic E-state index is -5.34. The van der Waals surface area contributed by atoms with E-state index in [0.717, 1.165) is 89.9 Å². The van der Waals surface area contributed by atoms with E-state index >= 15 is 0 Å². The highest BCUT2D eigenvalue weighted by Crippen LogP contribution is 2.41. The summed E-state index contributed by atoms with van der Waals surface area (Å²) in [5, 5.41) is 70.0. The monoisotopic (exact) mass is 1150 g/mol. The number of ether oxygens (including phenoxy) is 5. The van der Waals surface area contributed by atoms with Crippen LogP contribution in [0.3, 0.4) is 0 Å². The van der Waals surface area contributed by atoms with E-state index in [0.29, 0.717) is 25.7 Å². The molecule has 2 fully saturated rings. The van der Waals surface area contributed by atoms with Gasteiger partial charge in [0.1, 0.15) is 54.8 Å². The third-order valence-electron chi connectivity index (χ3n) is 14.8. The van der Waals surface area contributed by atoms with Crippen LogP contribution in [-0.2, 0) is 52.0 Å². The molecule has 10 N–H and O–H groups in total. The van der Waals surface area contributed by atoms with Gasteiger partial charge in [-0.25, -0.2) is 4.57 Å². The minimum absolute atomic E-state index is 0.0816. The fourth-order valence-electron chi connectivity index (χ4n) is 10.2. The predicted molar refractivity (Wildman–Crippen MR) is 297 cm³/mol. The summed E-state index contributed by atoms with van der Waals surface area (Å²) in [4.78, 5) is 71.2. The van der Waals surface area contributed by atoms with Crippen LogP contribution in [0.4, 0.5) is 0 Å². The molecule has 21 nitrogen and oxygen atoms in total. The van der Waals surface area contributed by atoms with Crippen molar-refractivity contribution in [2.75, 3.05) is 19.8 Å². The minimum Gasteiger partial charge on any atom is -0.481 e. The Balaban J connectivity index is 2.23. The van der Waals surface area contributed by atoms with E-state index in [-0.39, 0.29) is 45.1 Å². The number of esters is 1. The average Bonchev–Trinajstić information content (AvgIpc) is 3.43. The molecule has 0 unspecified atom stereocenters. The quantitative estimate of drug-likeness (QED) is 0.0156. The Hall–Kier alpha value is -2.37. The molecular formula is C57H107N2O19P. The van der Waals surface area contributed by atoms with E-state index in [2.05, 4.69) is 31.4 Å². The molecule has 2 amide bonds. The lowest BCUT2D eigenvalue weighted by Crippen LogP contribution is -2.67. The number of hydrogen-bond acceptors (Lipinski definition) is 16. The second-order valence-corrected chi connectivity index (χ2v) is 23.2. The van der Waals surface area contributed by atoms with Crippen LogP contribution < -0.4 is 10.6 Å². The molecule has 0 aromatic rings. The van der Waals surface area contributed by atoms with Crippen LogP contribution >= 0.6 is 7.82 Å². The van der Waals surface area contributed by atoms with Crippen LogP contribution in [0.5, 0.6) is 0 Å².